The number of para-hydroxylation sites is 2. The highest BCUT2D eigenvalue weighted by atomic mass is 16.3. The molecule has 0 saturated carbocycles. The minimum Gasteiger partial charge on any atom is -0.454 e. The molecule has 0 amide bonds. The normalized spacial score (nSPS) is 11.7. The second-order valence-corrected chi connectivity index (χ2v) is 15.1. The molecule has 3 heterocycles. The number of fused-ring (bicyclic) bond motifs is 8. The van der Waals surface area contributed by atoms with E-state index >= 15 is 0 Å². The molecule has 3 aromatic heterocycles. The van der Waals surface area contributed by atoms with Crippen LogP contribution in [-0.2, 0) is 0 Å². The van der Waals surface area contributed by atoms with Gasteiger partial charge < -0.3 is 8.98 Å². The molecule has 0 unspecified atom stereocenters. The van der Waals surface area contributed by atoms with Gasteiger partial charge in [0.2, 0.25) is 0 Å². The summed E-state index contributed by atoms with van der Waals surface area (Å²) in [5.74, 6) is 1.80. The van der Waals surface area contributed by atoms with Gasteiger partial charge in [0.25, 0.3) is 0 Å². The molecular formula is C55H34N4O. The maximum Gasteiger partial charge on any atom is 0.164 e. The lowest BCUT2D eigenvalue weighted by atomic mass is 9.95. The van der Waals surface area contributed by atoms with Crippen molar-refractivity contribution in [1.29, 1.82) is 0 Å². The van der Waals surface area contributed by atoms with Crippen LogP contribution < -0.4 is 0 Å². The van der Waals surface area contributed by atoms with E-state index in [0.717, 1.165) is 66.5 Å². The lowest BCUT2D eigenvalue weighted by Gasteiger charge is -2.13. The third kappa shape index (κ3) is 5.44. The quantitative estimate of drug-likeness (QED) is 0.169. The molecule has 5 nitrogen and oxygen atoms in total. The smallest absolute Gasteiger partial charge is 0.164 e. The predicted octanol–water partition coefficient (Wildman–Crippen LogP) is 14.4. The SMILES string of the molecule is c1ccc(-c2ccc(-c3nc(-c4ccccc4)nc(-c4cccc5oc6c(-n7c8ccccc8c8cc(-c9ccccc9)c9ccccc9c87)cccc6c45)n3)cc2)cc1. The maximum atomic E-state index is 6.97. The van der Waals surface area contributed by atoms with E-state index in [4.69, 9.17) is 19.4 Å². The summed E-state index contributed by atoms with van der Waals surface area (Å²) < 4.78 is 9.35. The molecule has 0 radical (unpaired) electrons. The van der Waals surface area contributed by atoms with Crippen LogP contribution in [0.4, 0.5) is 0 Å². The zero-order valence-electron chi connectivity index (χ0n) is 32.3. The van der Waals surface area contributed by atoms with Crippen LogP contribution in [0.25, 0.3) is 117 Å². The molecule has 0 bridgehead atoms. The zero-order valence-corrected chi connectivity index (χ0v) is 32.3. The van der Waals surface area contributed by atoms with E-state index in [1.807, 2.05) is 48.5 Å². The van der Waals surface area contributed by atoms with E-state index in [9.17, 15) is 0 Å². The number of hydrogen-bond donors (Lipinski definition) is 0. The fourth-order valence-electron chi connectivity index (χ4n) is 8.91. The molecule has 12 aromatic rings. The first-order chi connectivity index (χ1) is 29.8. The first-order valence-corrected chi connectivity index (χ1v) is 20.2. The average molecular weight is 767 g/mol. The van der Waals surface area contributed by atoms with Crippen molar-refractivity contribution >= 4 is 54.5 Å². The van der Waals surface area contributed by atoms with Gasteiger partial charge in [-0.05, 0) is 51.9 Å². The fourth-order valence-corrected chi connectivity index (χ4v) is 8.91. The van der Waals surface area contributed by atoms with E-state index < -0.39 is 0 Å². The Hall–Kier alpha value is -8.15. The maximum absolute atomic E-state index is 6.97. The zero-order chi connectivity index (χ0) is 39.6. The third-order valence-corrected chi connectivity index (χ3v) is 11.7. The number of rotatable bonds is 6. The van der Waals surface area contributed by atoms with Crippen molar-refractivity contribution in [1.82, 2.24) is 19.5 Å². The van der Waals surface area contributed by atoms with Crippen molar-refractivity contribution in [2.75, 3.05) is 0 Å². The van der Waals surface area contributed by atoms with Crippen LogP contribution in [0.15, 0.2) is 211 Å². The molecule has 0 aliphatic rings. The second-order valence-electron chi connectivity index (χ2n) is 15.1. The molecule has 0 atom stereocenters. The first-order valence-electron chi connectivity index (χ1n) is 20.2. The van der Waals surface area contributed by atoms with Crippen LogP contribution in [0.3, 0.4) is 0 Å². The average Bonchev–Trinajstić information content (AvgIpc) is 3.88. The highest BCUT2D eigenvalue weighted by molar-refractivity contribution is 6.23. The Balaban J connectivity index is 1.08. The summed E-state index contributed by atoms with van der Waals surface area (Å²) in [6.07, 6.45) is 0. The Bertz CT molecular complexity index is 3570. The molecule has 9 aromatic carbocycles. The molecule has 5 heteroatoms. The van der Waals surface area contributed by atoms with Crippen molar-refractivity contribution in [3.05, 3.63) is 206 Å². The highest BCUT2D eigenvalue weighted by Crippen LogP contribution is 2.44. The molecule has 0 saturated heterocycles. The number of benzene rings is 9. The molecule has 12 rings (SSSR count). The minimum absolute atomic E-state index is 0.584. The first kappa shape index (κ1) is 33.9. The lowest BCUT2D eigenvalue weighted by Crippen LogP contribution is -2.00. The van der Waals surface area contributed by atoms with E-state index in [2.05, 4.69) is 162 Å². The minimum atomic E-state index is 0.584. The summed E-state index contributed by atoms with van der Waals surface area (Å²) >= 11 is 0. The van der Waals surface area contributed by atoms with Gasteiger partial charge in [-0.1, -0.05) is 182 Å². The second kappa shape index (κ2) is 13.8. The monoisotopic (exact) mass is 766 g/mol. The van der Waals surface area contributed by atoms with Crippen molar-refractivity contribution in [2.24, 2.45) is 0 Å². The van der Waals surface area contributed by atoms with Gasteiger partial charge in [0, 0.05) is 43.6 Å². The number of furan rings is 1. The van der Waals surface area contributed by atoms with Crippen LogP contribution in [0.2, 0.25) is 0 Å². The van der Waals surface area contributed by atoms with Crippen LogP contribution in [0.1, 0.15) is 0 Å². The molecule has 0 N–H and O–H groups in total. The summed E-state index contributed by atoms with van der Waals surface area (Å²) in [5.41, 5.74) is 12.2. The van der Waals surface area contributed by atoms with Gasteiger partial charge in [0.05, 0.1) is 16.7 Å². The summed E-state index contributed by atoms with van der Waals surface area (Å²) in [7, 11) is 0. The molecule has 60 heavy (non-hydrogen) atoms. The number of nitrogens with zero attached hydrogens (tertiary/aromatic N) is 4. The molecule has 0 fully saturated rings. The van der Waals surface area contributed by atoms with Crippen molar-refractivity contribution in [2.45, 2.75) is 0 Å². The number of hydrogen-bond acceptors (Lipinski definition) is 4. The molecular weight excluding hydrogens is 733 g/mol. The molecule has 0 aliphatic carbocycles. The van der Waals surface area contributed by atoms with Gasteiger partial charge in [-0.3, -0.25) is 0 Å². The lowest BCUT2D eigenvalue weighted by molar-refractivity contribution is 0.666. The van der Waals surface area contributed by atoms with E-state index in [1.165, 1.54) is 32.7 Å². The summed E-state index contributed by atoms with van der Waals surface area (Å²) in [6, 6.07) is 72.0. The summed E-state index contributed by atoms with van der Waals surface area (Å²) in [6.45, 7) is 0. The molecule has 280 valence electrons. The van der Waals surface area contributed by atoms with Gasteiger partial charge in [-0.25, -0.2) is 15.0 Å². The van der Waals surface area contributed by atoms with Crippen molar-refractivity contribution in [3.63, 3.8) is 0 Å². The van der Waals surface area contributed by atoms with Gasteiger partial charge in [0.1, 0.15) is 5.58 Å². The van der Waals surface area contributed by atoms with E-state index in [0.29, 0.717) is 17.5 Å². The Morgan fingerprint density at radius 1 is 0.350 bits per heavy atom. The Kier molecular flexibility index (Phi) is 7.78. The summed E-state index contributed by atoms with van der Waals surface area (Å²) in [5, 5.41) is 6.72. The van der Waals surface area contributed by atoms with Gasteiger partial charge in [-0.2, -0.15) is 0 Å². The summed E-state index contributed by atoms with van der Waals surface area (Å²) in [4.78, 5) is 15.4. The molecule has 0 spiro atoms. The van der Waals surface area contributed by atoms with Crippen LogP contribution in [0, 0.1) is 0 Å². The highest BCUT2D eigenvalue weighted by Gasteiger charge is 2.23. The van der Waals surface area contributed by atoms with Gasteiger partial charge in [0.15, 0.2) is 23.1 Å². The van der Waals surface area contributed by atoms with E-state index in [1.54, 1.807) is 0 Å². The van der Waals surface area contributed by atoms with Crippen LogP contribution >= 0.6 is 0 Å². The predicted molar refractivity (Wildman–Crippen MR) is 246 cm³/mol. The Labute approximate surface area is 345 Å². The van der Waals surface area contributed by atoms with Crippen molar-refractivity contribution in [3.8, 4) is 62.1 Å². The largest absolute Gasteiger partial charge is 0.454 e. The van der Waals surface area contributed by atoms with Crippen LogP contribution in [0.5, 0.6) is 0 Å². The standard InChI is InChI=1S/C55H34N4O/c1-4-16-35(17-5-1)36-30-32-39(33-31-36)54-56-53(38-20-8-3-9-21-38)57-55(58-54)44-26-15-29-49-50(44)43-25-14-28-48(52(43)60-49)59-47-27-13-12-23-41(47)46-34-45(37-18-6-2-7-19-37)40-22-10-11-24-42(40)51(46)59/h1-34H. The van der Waals surface area contributed by atoms with E-state index in [-0.39, 0.29) is 0 Å². The topological polar surface area (TPSA) is 56.7 Å². The number of aromatic nitrogens is 4. The van der Waals surface area contributed by atoms with Gasteiger partial charge in [-0.15, -0.1) is 0 Å². The Morgan fingerprint density at radius 3 is 1.62 bits per heavy atom. The van der Waals surface area contributed by atoms with Crippen LogP contribution in [-0.4, -0.2) is 19.5 Å². The Morgan fingerprint density at radius 2 is 0.883 bits per heavy atom. The third-order valence-electron chi connectivity index (χ3n) is 11.7. The van der Waals surface area contributed by atoms with Crippen molar-refractivity contribution < 1.29 is 4.42 Å². The molecule has 0 aliphatic heterocycles. The van der Waals surface area contributed by atoms with Gasteiger partial charge >= 0.3 is 0 Å². The fraction of sp³-hybridized carbons (Fsp3) is 0.